The van der Waals surface area contributed by atoms with Gasteiger partial charge in [0.05, 0.1) is 0 Å². The summed E-state index contributed by atoms with van der Waals surface area (Å²) in [6.45, 7) is 0. The van der Waals surface area contributed by atoms with Crippen molar-refractivity contribution in [2.45, 2.75) is 6.42 Å². The van der Waals surface area contributed by atoms with E-state index in [1.807, 2.05) is 0 Å². The van der Waals surface area contributed by atoms with Crippen LogP contribution in [0.3, 0.4) is 0 Å². The highest BCUT2D eigenvalue weighted by atomic mass is 14.1. The largest absolute Gasteiger partial charge is 0.0622 e. The maximum absolute atomic E-state index is 2.38. The molecule has 0 nitrogen and oxygen atoms in total. The lowest BCUT2D eigenvalue weighted by Crippen LogP contribution is -1.90. The lowest BCUT2D eigenvalue weighted by molar-refractivity contribution is 1.20. The van der Waals surface area contributed by atoms with Gasteiger partial charge < -0.3 is 0 Å². The van der Waals surface area contributed by atoms with Crippen LogP contribution in [-0.2, 0) is 6.42 Å². The van der Waals surface area contributed by atoms with Crippen molar-refractivity contribution in [2.24, 2.45) is 0 Å². The van der Waals surface area contributed by atoms with Crippen LogP contribution in [0, 0.1) is 0 Å². The maximum atomic E-state index is 2.38. The van der Waals surface area contributed by atoms with Crippen molar-refractivity contribution in [3.8, 4) is 11.1 Å². The van der Waals surface area contributed by atoms with Gasteiger partial charge in [-0.2, -0.15) is 0 Å². The molecular formula is C31H22. The van der Waals surface area contributed by atoms with Crippen LogP contribution in [0.25, 0.3) is 43.4 Å². The fourth-order valence-corrected chi connectivity index (χ4v) is 4.75. The Bertz CT molecular complexity index is 1490. The summed E-state index contributed by atoms with van der Waals surface area (Å²) in [5.41, 5.74) is 5.21. The van der Waals surface area contributed by atoms with E-state index >= 15 is 0 Å². The smallest absolute Gasteiger partial charge is 0.00255 e. The van der Waals surface area contributed by atoms with Crippen LogP contribution < -0.4 is 0 Å². The van der Waals surface area contributed by atoms with E-state index in [1.165, 1.54) is 54.6 Å². The summed E-state index contributed by atoms with van der Waals surface area (Å²) < 4.78 is 0. The van der Waals surface area contributed by atoms with Crippen molar-refractivity contribution in [3.63, 3.8) is 0 Å². The summed E-state index contributed by atoms with van der Waals surface area (Å²) >= 11 is 0. The zero-order valence-corrected chi connectivity index (χ0v) is 17.3. The van der Waals surface area contributed by atoms with Gasteiger partial charge in [0, 0.05) is 0 Å². The van der Waals surface area contributed by atoms with Gasteiger partial charge in [0.15, 0.2) is 0 Å². The number of fused-ring (bicyclic) bond motifs is 6. The summed E-state index contributed by atoms with van der Waals surface area (Å²) in [4.78, 5) is 0. The second-order valence-electron chi connectivity index (χ2n) is 8.21. The molecule has 0 bridgehead atoms. The fourth-order valence-electron chi connectivity index (χ4n) is 4.75. The molecule has 0 saturated heterocycles. The topological polar surface area (TPSA) is 0 Å². The van der Waals surface area contributed by atoms with Crippen LogP contribution in [0.5, 0.6) is 0 Å². The summed E-state index contributed by atoms with van der Waals surface area (Å²) in [5, 5.41) is 7.99. The number of benzene rings is 6. The van der Waals surface area contributed by atoms with Crippen LogP contribution in [0.1, 0.15) is 11.1 Å². The van der Waals surface area contributed by atoms with Crippen molar-refractivity contribution in [2.75, 3.05) is 0 Å². The predicted molar refractivity (Wildman–Crippen MR) is 134 cm³/mol. The number of hydrogen-bond acceptors (Lipinski definition) is 0. The molecule has 6 aromatic rings. The summed E-state index contributed by atoms with van der Waals surface area (Å²) in [7, 11) is 0. The van der Waals surface area contributed by atoms with Crippen LogP contribution in [0.2, 0.25) is 0 Å². The highest BCUT2D eigenvalue weighted by Gasteiger charge is 2.09. The highest BCUT2D eigenvalue weighted by molar-refractivity contribution is 6.25. The molecule has 0 radical (unpaired) electrons. The van der Waals surface area contributed by atoms with E-state index in [-0.39, 0.29) is 0 Å². The van der Waals surface area contributed by atoms with E-state index in [1.54, 1.807) is 0 Å². The number of hydrogen-bond donors (Lipinski definition) is 0. The van der Waals surface area contributed by atoms with Crippen molar-refractivity contribution in [1.29, 1.82) is 0 Å². The van der Waals surface area contributed by atoms with E-state index < -0.39 is 0 Å². The minimum atomic E-state index is 0.937. The molecule has 0 heteroatoms. The van der Waals surface area contributed by atoms with Gasteiger partial charge in [0.1, 0.15) is 0 Å². The lowest BCUT2D eigenvalue weighted by Gasteiger charge is -2.12. The predicted octanol–water partition coefficient (Wildman–Crippen LogP) is 8.40. The van der Waals surface area contributed by atoms with Gasteiger partial charge in [-0.3, -0.25) is 0 Å². The fraction of sp³-hybridized carbons (Fsp3) is 0.0323. The monoisotopic (exact) mass is 394 g/mol. The van der Waals surface area contributed by atoms with Gasteiger partial charge in [-0.1, -0.05) is 121 Å². The SMILES string of the molecule is c1ccc(-c2ccc(Cc3ccc4c5ccccc5c5ccccc5c4c3)cc2)cc1. The molecule has 0 aliphatic heterocycles. The zero-order chi connectivity index (χ0) is 20.6. The first-order valence-corrected chi connectivity index (χ1v) is 10.8. The van der Waals surface area contributed by atoms with Crippen LogP contribution in [0.15, 0.2) is 121 Å². The summed E-state index contributed by atoms with van der Waals surface area (Å²) in [5.74, 6) is 0. The van der Waals surface area contributed by atoms with Crippen molar-refractivity contribution >= 4 is 32.3 Å². The Morgan fingerprint density at radius 1 is 0.323 bits per heavy atom. The van der Waals surface area contributed by atoms with Crippen molar-refractivity contribution in [1.82, 2.24) is 0 Å². The molecule has 0 aliphatic carbocycles. The first-order chi connectivity index (χ1) is 15.4. The van der Waals surface area contributed by atoms with Gasteiger partial charge in [-0.15, -0.1) is 0 Å². The lowest BCUT2D eigenvalue weighted by atomic mass is 9.92. The Morgan fingerprint density at radius 3 is 1.39 bits per heavy atom. The van der Waals surface area contributed by atoms with Crippen molar-refractivity contribution < 1.29 is 0 Å². The van der Waals surface area contributed by atoms with E-state index in [4.69, 9.17) is 0 Å². The molecule has 146 valence electrons. The number of rotatable bonds is 3. The van der Waals surface area contributed by atoms with Gasteiger partial charge >= 0.3 is 0 Å². The van der Waals surface area contributed by atoms with Crippen LogP contribution >= 0.6 is 0 Å². The van der Waals surface area contributed by atoms with Gasteiger partial charge in [-0.05, 0) is 61.0 Å². The molecule has 0 atom stereocenters. The Hall–Kier alpha value is -3.90. The first-order valence-electron chi connectivity index (χ1n) is 10.8. The van der Waals surface area contributed by atoms with Gasteiger partial charge in [0.25, 0.3) is 0 Å². The van der Waals surface area contributed by atoms with Crippen LogP contribution in [-0.4, -0.2) is 0 Å². The first kappa shape index (κ1) is 17.9. The third-order valence-corrected chi connectivity index (χ3v) is 6.28. The molecule has 0 amide bonds. The Balaban J connectivity index is 1.43. The van der Waals surface area contributed by atoms with E-state index in [9.17, 15) is 0 Å². The Kier molecular flexibility index (Phi) is 4.28. The quantitative estimate of drug-likeness (QED) is 0.264. The molecule has 0 N–H and O–H groups in total. The second kappa shape index (κ2) is 7.41. The third kappa shape index (κ3) is 3.17. The molecular weight excluding hydrogens is 372 g/mol. The molecule has 0 aliphatic rings. The maximum Gasteiger partial charge on any atom is -0.00255 e. The van der Waals surface area contributed by atoms with Crippen LogP contribution in [0.4, 0.5) is 0 Å². The molecule has 0 saturated carbocycles. The van der Waals surface area contributed by atoms with E-state index in [0.29, 0.717) is 0 Å². The molecule has 0 aromatic heterocycles. The summed E-state index contributed by atoms with van der Waals surface area (Å²) in [6.07, 6.45) is 0.937. The molecule has 0 fully saturated rings. The Morgan fingerprint density at radius 2 is 0.774 bits per heavy atom. The van der Waals surface area contributed by atoms with Gasteiger partial charge in [-0.25, -0.2) is 0 Å². The normalized spacial score (nSPS) is 11.4. The molecule has 0 spiro atoms. The summed E-state index contributed by atoms with van der Waals surface area (Å²) in [6, 6.07) is 44.0. The standard InChI is InChI=1S/C31H22/c1-2-8-24(9-3-1)25-17-14-22(15-18-25)20-23-16-19-30-28-12-5-4-10-26(28)27-11-6-7-13-29(27)31(30)21-23/h1-19,21H,20H2. The molecule has 0 unspecified atom stereocenters. The molecule has 6 rings (SSSR count). The molecule has 0 heterocycles. The second-order valence-corrected chi connectivity index (χ2v) is 8.21. The minimum Gasteiger partial charge on any atom is -0.0622 e. The Labute approximate surface area is 182 Å². The third-order valence-electron chi connectivity index (χ3n) is 6.28. The van der Waals surface area contributed by atoms with E-state index in [0.717, 1.165) is 6.42 Å². The highest BCUT2D eigenvalue weighted by Crippen LogP contribution is 2.35. The minimum absolute atomic E-state index is 0.937. The average Bonchev–Trinajstić information content (AvgIpc) is 2.85. The molecule has 31 heavy (non-hydrogen) atoms. The zero-order valence-electron chi connectivity index (χ0n) is 17.3. The van der Waals surface area contributed by atoms with Crippen molar-refractivity contribution in [3.05, 3.63) is 132 Å². The van der Waals surface area contributed by atoms with E-state index in [2.05, 4.69) is 121 Å². The average molecular weight is 395 g/mol. The molecule has 6 aromatic carbocycles. The van der Waals surface area contributed by atoms with Gasteiger partial charge in [0.2, 0.25) is 0 Å².